The molecular formula is C20H30N2O3. The Bertz CT molecular complexity index is 550. The van der Waals surface area contributed by atoms with Crippen LogP contribution >= 0.6 is 0 Å². The third-order valence-electron chi connectivity index (χ3n) is 5.19. The molecule has 3 rings (SSSR count). The van der Waals surface area contributed by atoms with Crippen LogP contribution in [0, 0.1) is 6.92 Å². The first-order chi connectivity index (χ1) is 12.2. The van der Waals surface area contributed by atoms with Gasteiger partial charge in [0.05, 0.1) is 19.3 Å². The van der Waals surface area contributed by atoms with Gasteiger partial charge in [-0.2, -0.15) is 0 Å². The van der Waals surface area contributed by atoms with Crippen LogP contribution in [0.25, 0.3) is 0 Å². The Morgan fingerprint density at radius 2 is 2.08 bits per heavy atom. The number of aryl methyl sites for hydroxylation is 1. The van der Waals surface area contributed by atoms with Crippen LogP contribution in [0.5, 0.6) is 0 Å². The van der Waals surface area contributed by atoms with Crippen molar-refractivity contribution in [2.75, 3.05) is 39.5 Å². The summed E-state index contributed by atoms with van der Waals surface area (Å²) >= 11 is 0. The number of carbonyl (C=O) groups is 1. The molecule has 2 aliphatic rings. The minimum atomic E-state index is 0.0523. The summed E-state index contributed by atoms with van der Waals surface area (Å²) in [6.45, 7) is 7.35. The molecule has 138 valence electrons. The van der Waals surface area contributed by atoms with Gasteiger partial charge in [0.1, 0.15) is 0 Å². The van der Waals surface area contributed by atoms with Crippen molar-refractivity contribution < 1.29 is 14.3 Å². The number of benzene rings is 1. The van der Waals surface area contributed by atoms with Gasteiger partial charge in [-0.1, -0.05) is 18.2 Å². The van der Waals surface area contributed by atoms with E-state index in [0.29, 0.717) is 6.10 Å². The third-order valence-corrected chi connectivity index (χ3v) is 5.19. The molecule has 0 spiro atoms. The fourth-order valence-electron chi connectivity index (χ4n) is 3.58. The van der Waals surface area contributed by atoms with Crippen LogP contribution in [0.3, 0.4) is 0 Å². The molecule has 0 aromatic heterocycles. The SMILES string of the molecule is Cc1ccccc1C(=O)NC1CCN(CCOC[C@H]2CCCO2)CC1. The van der Waals surface area contributed by atoms with Crippen LogP contribution in [-0.4, -0.2) is 62.4 Å². The first-order valence-electron chi connectivity index (χ1n) is 9.50. The highest BCUT2D eigenvalue weighted by atomic mass is 16.5. The van der Waals surface area contributed by atoms with Crippen molar-refractivity contribution in [1.82, 2.24) is 10.2 Å². The van der Waals surface area contributed by atoms with Gasteiger partial charge in [0.15, 0.2) is 0 Å². The Morgan fingerprint density at radius 3 is 2.80 bits per heavy atom. The predicted molar refractivity (Wildman–Crippen MR) is 97.9 cm³/mol. The summed E-state index contributed by atoms with van der Waals surface area (Å²) < 4.78 is 11.3. The van der Waals surface area contributed by atoms with Crippen molar-refractivity contribution in [2.45, 2.75) is 44.8 Å². The standard InChI is InChI=1S/C20H30N2O3/c1-16-5-2-3-7-19(16)20(23)21-17-8-10-22(11-9-17)12-14-24-15-18-6-4-13-25-18/h2-3,5,7,17-18H,4,6,8-15H2,1H3,(H,21,23)/t18-/m1/s1. The lowest BCUT2D eigenvalue weighted by Gasteiger charge is -2.32. The zero-order chi connectivity index (χ0) is 17.5. The Labute approximate surface area is 150 Å². The number of carbonyl (C=O) groups excluding carboxylic acids is 1. The lowest BCUT2D eigenvalue weighted by Crippen LogP contribution is -2.45. The topological polar surface area (TPSA) is 50.8 Å². The summed E-state index contributed by atoms with van der Waals surface area (Å²) in [4.78, 5) is 14.8. The molecule has 0 radical (unpaired) electrons. The van der Waals surface area contributed by atoms with Crippen LogP contribution in [0.1, 0.15) is 41.6 Å². The first kappa shape index (κ1) is 18.4. The minimum absolute atomic E-state index is 0.0523. The molecule has 1 aromatic carbocycles. The lowest BCUT2D eigenvalue weighted by molar-refractivity contribution is 0.00855. The number of nitrogens with one attached hydrogen (secondary N) is 1. The molecule has 2 fully saturated rings. The maximum atomic E-state index is 12.4. The van der Waals surface area contributed by atoms with E-state index in [1.165, 1.54) is 0 Å². The van der Waals surface area contributed by atoms with Gasteiger partial charge in [0.25, 0.3) is 5.91 Å². The van der Waals surface area contributed by atoms with E-state index >= 15 is 0 Å². The Morgan fingerprint density at radius 1 is 1.28 bits per heavy atom. The predicted octanol–water partition coefficient (Wildman–Crippen LogP) is 2.38. The average Bonchev–Trinajstić information content (AvgIpc) is 3.14. The van der Waals surface area contributed by atoms with Crippen molar-refractivity contribution in [3.05, 3.63) is 35.4 Å². The third kappa shape index (κ3) is 5.53. The molecule has 25 heavy (non-hydrogen) atoms. The van der Waals surface area contributed by atoms with Gasteiger partial charge in [0, 0.05) is 37.8 Å². The fourth-order valence-corrected chi connectivity index (χ4v) is 3.58. The quantitative estimate of drug-likeness (QED) is 0.770. The molecule has 2 aliphatic heterocycles. The van der Waals surface area contributed by atoms with Gasteiger partial charge in [-0.15, -0.1) is 0 Å². The number of amides is 1. The molecule has 2 heterocycles. The van der Waals surface area contributed by atoms with Crippen molar-refractivity contribution in [1.29, 1.82) is 0 Å². The van der Waals surface area contributed by atoms with E-state index in [-0.39, 0.29) is 11.9 Å². The Kier molecular flexibility index (Phi) is 6.84. The number of ether oxygens (including phenoxy) is 2. The molecule has 5 nitrogen and oxygen atoms in total. The van der Waals surface area contributed by atoms with E-state index in [4.69, 9.17) is 9.47 Å². The molecule has 0 unspecified atom stereocenters. The maximum Gasteiger partial charge on any atom is 0.251 e. The Hall–Kier alpha value is -1.43. The number of hydrogen-bond acceptors (Lipinski definition) is 4. The summed E-state index contributed by atoms with van der Waals surface area (Å²) in [5.41, 5.74) is 1.81. The number of piperidine rings is 1. The van der Waals surface area contributed by atoms with E-state index in [0.717, 1.165) is 76.3 Å². The van der Waals surface area contributed by atoms with Gasteiger partial charge in [-0.05, 0) is 44.2 Å². The molecule has 2 saturated heterocycles. The highest BCUT2D eigenvalue weighted by molar-refractivity contribution is 5.95. The smallest absolute Gasteiger partial charge is 0.251 e. The van der Waals surface area contributed by atoms with Crippen molar-refractivity contribution >= 4 is 5.91 Å². The largest absolute Gasteiger partial charge is 0.377 e. The van der Waals surface area contributed by atoms with Crippen LogP contribution in [-0.2, 0) is 9.47 Å². The second kappa shape index (κ2) is 9.32. The average molecular weight is 346 g/mol. The number of hydrogen-bond donors (Lipinski definition) is 1. The van der Waals surface area contributed by atoms with Crippen molar-refractivity contribution in [2.24, 2.45) is 0 Å². The molecule has 0 aliphatic carbocycles. The van der Waals surface area contributed by atoms with E-state index in [9.17, 15) is 4.79 Å². The van der Waals surface area contributed by atoms with Crippen LogP contribution in [0.4, 0.5) is 0 Å². The zero-order valence-electron chi connectivity index (χ0n) is 15.2. The van der Waals surface area contributed by atoms with Crippen molar-refractivity contribution in [3.63, 3.8) is 0 Å². The molecular weight excluding hydrogens is 316 g/mol. The van der Waals surface area contributed by atoms with Gasteiger partial charge < -0.3 is 19.7 Å². The van der Waals surface area contributed by atoms with E-state index in [1.54, 1.807) is 0 Å². The first-order valence-corrected chi connectivity index (χ1v) is 9.50. The van der Waals surface area contributed by atoms with Crippen molar-refractivity contribution in [3.8, 4) is 0 Å². The van der Waals surface area contributed by atoms with E-state index in [2.05, 4.69) is 10.2 Å². The minimum Gasteiger partial charge on any atom is -0.377 e. The second-order valence-electron chi connectivity index (χ2n) is 7.11. The summed E-state index contributed by atoms with van der Waals surface area (Å²) in [6.07, 6.45) is 4.61. The van der Waals surface area contributed by atoms with Crippen LogP contribution < -0.4 is 5.32 Å². The summed E-state index contributed by atoms with van der Waals surface area (Å²) in [7, 11) is 0. The van der Waals surface area contributed by atoms with Crippen LogP contribution in [0.2, 0.25) is 0 Å². The van der Waals surface area contributed by atoms with Gasteiger partial charge in [-0.25, -0.2) is 0 Å². The zero-order valence-corrected chi connectivity index (χ0v) is 15.2. The normalized spacial score (nSPS) is 22.2. The molecule has 1 amide bonds. The maximum absolute atomic E-state index is 12.4. The van der Waals surface area contributed by atoms with E-state index in [1.807, 2.05) is 31.2 Å². The molecule has 0 bridgehead atoms. The molecule has 1 atom stereocenters. The molecule has 5 heteroatoms. The van der Waals surface area contributed by atoms with Gasteiger partial charge in [0.2, 0.25) is 0 Å². The van der Waals surface area contributed by atoms with Crippen LogP contribution in [0.15, 0.2) is 24.3 Å². The summed E-state index contributed by atoms with van der Waals surface area (Å²) in [5.74, 6) is 0.0523. The number of likely N-dealkylation sites (tertiary alicyclic amines) is 1. The lowest BCUT2D eigenvalue weighted by atomic mass is 10.0. The summed E-state index contributed by atoms with van der Waals surface area (Å²) in [5, 5.41) is 3.19. The molecule has 0 saturated carbocycles. The monoisotopic (exact) mass is 346 g/mol. The molecule has 1 aromatic rings. The number of nitrogens with zero attached hydrogens (tertiary/aromatic N) is 1. The Balaban J connectivity index is 1.31. The van der Waals surface area contributed by atoms with Gasteiger partial charge in [-0.3, -0.25) is 4.79 Å². The van der Waals surface area contributed by atoms with Gasteiger partial charge >= 0.3 is 0 Å². The molecule has 1 N–H and O–H groups in total. The summed E-state index contributed by atoms with van der Waals surface area (Å²) in [6, 6.07) is 8.03. The van der Waals surface area contributed by atoms with E-state index < -0.39 is 0 Å². The number of rotatable bonds is 7. The second-order valence-corrected chi connectivity index (χ2v) is 7.11. The highest BCUT2D eigenvalue weighted by Crippen LogP contribution is 2.14. The fraction of sp³-hybridized carbons (Fsp3) is 0.650. The highest BCUT2D eigenvalue weighted by Gasteiger charge is 2.21.